The number of aryl methyl sites for hydroxylation is 1. The highest BCUT2D eigenvalue weighted by molar-refractivity contribution is 8.33. The van der Waals surface area contributed by atoms with Gasteiger partial charge in [0.15, 0.2) is 5.12 Å². The average Bonchev–Trinajstić information content (AvgIpc) is 3.39. The maximum atomic E-state index is 12.9. The van der Waals surface area contributed by atoms with Gasteiger partial charge in [0, 0.05) is 6.54 Å². The zero-order chi connectivity index (χ0) is 22.8. The number of nitrogens with two attached hydrogens (primary N) is 1. The summed E-state index contributed by atoms with van der Waals surface area (Å²) in [4.78, 5) is 32.9. The summed E-state index contributed by atoms with van der Waals surface area (Å²) in [5, 5.41) is 0.0238. The summed E-state index contributed by atoms with van der Waals surface area (Å²) in [6.45, 7) is 12.5. The van der Waals surface area contributed by atoms with Crippen molar-refractivity contribution >= 4 is 40.5 Å². The third kappa shape index (κ3) is 5.59. The van der Waals surface area contributed by atoms with E-state index in [1.807, 2.05) is 39.8 Å². The van der Waals surface area contributed by atoms with Gasteiger partial charge >= 0.3 is 0 Å². The molecule has 8 heteroatoms. The van der Waals surface area contributed by atoms with Crippen molar-refractivity contribution in [2.45, 2.75) is 65.4 Å². The number of rotatable bonds is 6. The van der Waals surface area contributed by atoms with Crippen molar-refractivity contribution in [2.24, 2.45) is 11.1 Å². The normalized spacial score (nSPS) is 18.8. The Morgan fingerprint density at radius 1 is 1.29 bits per heavy atom. The lowest BCUT2D eigenvalue weighted by molar-refractivity contribution is -0.138. The number of thiazole rings is 1. The smallest absolute Gasteiger partial charge is 0.240 e. The number of amides is 1. The van der Waals surface area contributed by atoms with Crippen LogP contribution in [0, 0.1) is 12.3 Å². The highest BCUT2D eigenvalue weighted by Crippen LogP contribution is 2.30. The van der Waals surface area contributed by atoms with E-state index in [1.165, 1.54) is 16.5 Å². The molecule has 2 radical (unpaired) electrons. The molecule has 0 spiro atoms. The molecule has 5 nitrogen and oxygen atoms in total. The highest BCUT2D eigenvalue weighted by atomic mass is 32.2. The van der Waals surface area contributed by atoms with Crippen LogP contribution in [0.4, 0.5) is 0 Å². The Kier molecular flexibility index (Phi) is 7.65. The number of carbonyl (C=O) groups is 2. The fraction of sp³-hybridized carbons (Fsp3) is 0.522. The van der Waals surface area contributed by atoms with E-state index in [-0.39, 0.29) is 28.3 Å². The van der Waals surface area contributed by atoms with E-state index in [0.29, 0.717) is 13.0 Å². The van der Waals surface area contributed by atoms with Gasteiger partial charge in [-0.25, -0.2) is 11.5 Å². The largest absolute Gasteiger partial charge is 0.379 e. The number of carbonyl (C=O) groups excluding carboxylic acids is 2. The van der Waals surface area contributed by atoms with E-state index in [9.17, 15) is 9.59 Å². The van der Waals surface area contributed by atoms with Crippen LogP contribution in [0.1, 0.15) is 57.6 Å². The molecule has 3 unspecified atom stereocenters. The molecule has 3 rings (SSSR count). The molecule has 3 atom stereocenters. The molecule has 1 saturated heterocycles. The predicted octanol–water partition coefficient (Wildman–Crippen LogP) is 4.42. The van der Waals surface area contributed by atoms with Gasteiger partial charge in [-0.1, -0.05) is 57.5 Å². The first-order valence-electron chi connectivity index (χ1n) is 10.7. The minimum atomic E-state index is -0.602. The molecule has 1 amide bonds. The van der Waals surface area contributed by atoms with E-state index in [0.717, 1.165) is 23.2 Å². The van der Waals surface area contributed by atoms with Crippen LogP contribution < -0.4 is 5.73 Å². The molecule has 1 aromatic heterocycles. The molecule has 1 aliphatic rings. The lowest BCUT2D eigenvalue weighted by atomic mass is 9.81. The second-order valence-corrected chi connectivity index (χ2v) is 11.0. The standard InChI is InChI=1S/C23H31BN3O2S2/c1-14(16-8-10-17(11-9-16)19-15(2)26-13-30-19)24-31-22(29)18-7-6-12-27(18)21(28)20(25)23(3,4)5/h8-11,13-14,18,20H,6-7,12,25H2,1-5H3/q-1. The molecule has 0 aliphatic carbocycles. The lowest BCUT2D eigenvalue weighted by Gasteiger charge is -2.34. The van der Waals surface area contributed by atoms with Gasteiger partial charge in [-0.2, -0.15) is 5.82 Å². The summed E-state index contributed by atoms with van der Waals surface area (Å²) in [5.41, 5.74) is 11.1. The van der Waals surface area contributed by atoms with E-state index >= 15 is 0 Å². The van der Waals surface area contributed by atoms with Crippen LogP contribution >= 0.6 is 22.9 Å². The second kappa shape index (κ2) is 9.88. The van der Waals surface area contributed by atoms with Crippen LogP contribution in [0.2, 0.25) is 0 Å². The Balaban J connectivity index is 1.58. The molecule has 1 aliphatic heterocycles. The molecular weight excluding hydrogens is 425 g/mol. The van der Waals surface area contributed by atoms with Gasteiger partial charge in [-0.3, -0.25) is 9.59 Å². The number of likely N-dealkylation sites (tertiary alicyclic amines) is 1. The van der Waals surface area contributed by atoms with Crippen molar-refractivity contribution < 1.29 is 9.59 Å². The van der Waals surface area contributed by atoms with Crippen molar-refractivity contribution in [3.63, 3.8) is 0 Å². The summed E-state index contributed by atoms with van der Waals surface area (Å²) < 4.78 is 0. The first kappa shape index (κ1) is 24.0. The quantitative estimate of drug-likeness (QED) is 0.651. The highest BCUT2D eigenvalue weighted by Gasteiger charge is 2.38. The number of hydrogen-bond acceptors (Lipinski definition) is 6. The van der Waals surface area contributed by atoms with E-state index in [4.69, 9.17) is 5.73 Å². The van der Waals surface area contributed by atoms with Crippen LogP contribution in [0.5, 0.6) is 0 Å². The van der Waals surface area contributed by atoms with Crippen LogP contribution in [0.15, 0.2) is 29.8 Å². The van der Waals surface area contributed by atoms with Crippen molar-refractivity contribution in [3.8, 4) is 10.4 Å². The Morgan fingerprint density at radius 3 is 2.55 bits per heavy atom. The zero-order valence-electron chi connectivity index (χ0n) is 18.9. The Bertz CT molecular complexity index is 924. The Hall–Kier alpha value is -1.64. The van der Waals surface area contributed by atoms with Crippen molar-refractivity contribution in [1.29, 1.82) is 0 Å². The second-order valence-electron chi connectivity index (χ2n) is 9.28. The maximum absolute atomic E-state index is 12.9. The Morgan fingerprint density at radius 2 is 1.97 bits per heavy atom. The summed E-state index contributed by atoms with van der Waals surface area (Å²) in [6.07, 6.45) is 1.55. The van der Waals surface area contributed by atoms with Crippen LogP contribution in [-0.4, -0.2) is 46.1 Å². The van der Waals surface area contributed by atoms with E-state index in [1.54, 1.807) is 16.2 Å². The molecule has 1 aromatic carbocycles. The maximum Gasteiger partial charge on any atom is 0.240 e. The van der Waals surface area contributed by atoms with Crippen molar-refractivity contribution in [3.05, 3.63) is 41.0 Å². The number of nitrogens with zero attached hydrogens (tertiary/aromatic N) is 2. The minimum Gasteiger partial charge on any atom is -0.379 e. The molecular formula is C23H31BN3O2S2-. The number of aromatic nitrogens is 1. The summed E-state index contributed by atoms with van der Waals surface area (Å²) in [7, 11) is 0. The molecule has 1 fully saturated rings. The predicted molar refractivity (Wildman–Crippen MR) is 131 cm³/mol. The third-order valence-corrected chi connectivity index (χ3v) is 7.87. The summed E-state index contributed by atoms with van der Waals surface area (Å²) >= 11 is 2.86. The summed E-state index contributed by atoms with van der Waals surface area (Å²) in [5.74, 6) is -0.00103. The fourth-order valence-corrected chi connectivity index (χ4v) is 5.38. The molecule has 2 N–H and O–H groups in total. The first-order valence-corrected chi connectivity index (χ1v) is 12.5. The van der Waals surface area contributed by atoms with Crippen molar-refractivity contribution in [1.82, 2.24) is 9.88 Å². The van der Waals surface area contributed by atoms with Crippen molar-refractivity contribution in [2.75, 3.05) is 6.54 Å². The van der Waals surface area contributed by atoms with Crippen LogP contribution in [0.25, 0.3) is 10.4 Å². The topological polar surface area (TPSA) is 76.3 Å². The number of hydrogen-bond donors (Lipinski definition) is 1. The third-order valence-electron chi connectivity index (χ3n) is 5.84. The van der Waals surface area contributed by atoms with Gasteiger partial charge in [0.1, 0.15) is 0 Å². The van der Waals surface area contributed by atoms with Gasteiger partial charge in [0.25, 0.3) is 0 Å². The van der Waals surface area contributed by atoms with Gasteiger partial charge in [-0.15, -0.1) is 11.3 Å². The molecule has 31 heavy (non-hydrogen) atoms. The molecule has 0 saturated carbocycles. The minimum absolute atomic E-state index is 0.0238. The van der Waals surface area contributed by atoms with Gasteiger partial charge in [0.05, 0.1) is 28.2 Å². The monoisotopic (exact) mass is 456 g/mol. The Labute approximate surface area is 194 Å². The first-order chi connectivity index (χ1) is 14.6. The fourth-order valence-electron chi connectivity index (χ4n) is 3.67. The molecule has 2 heterocycles. The van der Waals surface area contributed by atoms with Crippen LogP contribution in [0.3, 0.4) is 0 Å². The van der Waals surface area contributed by atoms with Gasteiger partial charge in [-0.05, 0) is 30.7 Å². The lowest BCUT2D eigenvalue weighted by Crippen LogP contribution is -2.53. The summed E-state index contributed by atoms with van der Waals surface area (Å²) in [6, 6.07) is 7.44. The van der Waals surface area contributed by atoms with E-state index in [2.05, 4.69) is 36.2 Å². The van der Waals surface area contributed by atoms with Crippen LogP contribution in [-0.2, 0) is 9.59 Å². The number of benzene rings is 1. The SMILES string of the molecule is Cc1ncsc1-c1ccc(C(C)[B-]SC(=O)C2CCCN2C(=O)C(N)C(C)(C)C)cc1. The van der Waals surface area contributed by atoms with Gasteiger partial charge < -0.3 is 22.2 Å². The average molecular weight is 456 g/mol. The zero-order valence-corrected chi connectivity index (χ0v) is 20.6. The molecule has 0 bridgehead atoms. The molecule has 2 aromatic rings. The van der Waals surface area contributed by atoms with E-state index < -0.39 is 6.04 Å². The molecule has 166 valence electrons. The van der Waals surface area contributed by atoms with Gasteiger partial charge in [0.2, 0.25) is 5.91 Å².